The van der Waals surface area contributed by atoms with E-state index < -0.39 is 0 Å². The first-order valence-corrected chi connectivity index (χ1v) is 9.73. The minimum absolute atomic E-state index is 0.0265. The van der Waals surface area contributed by atoms with Gasteiger partial charge in [0.15, 0.2) is 6.61 Å². The fourth-order valence-electron chi connectivity index (χ4n) is 2.98. The van der Waals surface area contributed by atoms with Gasteiger partial charge in [-0.2, -0.15) is 0 Å². The molecular formula is C21H33N3O3. The van der Waals surface area contributed by atoms with E-state index in [9.17, 15) is 9.59 Å². The van der Waals surface area contributed by atoms with Gasteiger partial charge in [-0.05, 0) is 50.0 Å². The summed E-state index contributed by atoms with van der Waals surface area (Å²) in [4.78, 5) is 28.2. The van der Waals surface area contributed by atoms with Gasteiger partial charge in [-0.15, -0.1) is 0 Å². The Bertz CT molecular complexity index is 671. The van der Waals surface area contributed by atoms with Crippen LogP contribution in [0.3, 0.4) is 0 Å². The number of nitrogens with one attached hydrogen (secondary N) is 1. The fraction of sp³-hybridized carbons (Fsp3) is 0.619. The van der Waals surface area contributed by atoms with Crippen molar-refractivity contribution in [3.63, 3.8) is 0 Å². The van der Waals surface area contributed by atoms with Crippen LogP contribution in [0.4, 0.5) is 5.69 Å². The first kappa shape index (κ1) is 21.2. The molecule has 2 amide bonds. The molecule has 1 heterocycles. The number of benzene rings is 1. The van der Waals surface area contributed by atoms with E-state index in [0.29, 0.717) is 25.9 Å². The lowest BCUT2D eigenvalue weighted by molar-refractivity contribution is -0.122. The number of amides is 2. The Morgan fingerprint density at radius 3 is 2.74 bits per heavy atom. The monoisotopic (exact) mass is 375 g/mol. The van der Waals surface area contributed by atoms with E-state index in [0.717, 1.165) is 24.4 Å². The lowest BCUT2D eigenvalue weighted by atomic mass is 9.82. The number of nitrogens with zero attached hydrogens (tertiary/aromatic N) is 2. The van der Waals surface area contributed by atoms with Crippen molar-refractivity contribution < 1.29 is 14.3 Å². The highest BCUT2D eigenvalue weighted by Crippen LogP contribution is 2.37. The molecule has 0 saturated heterocycles. The van der Waals surface area contributed by atoms with Crippen LogP contribution in [0.2, 0.25) is 0 Å². The second kappa shape index (κ2) is 9.22. The second-order valence-corrected chi connectivity index (χ2v) is 8.01. The van der Waals surface area contributed by atoms with Crippen molar-refractivity contribution in [2.24, 2.45) is 0 Å². The number of rotatable bonds is 9. The highest BCUT2D eigenvalue weighted by atomic mass is 16.5. The maximum Gasteiger partial charge on any atom is 0.265 e. The lowest BCUT2D eigenvalue weighted by Crippen LogP contribution is -2.40. The summed E-state index contributed by atoms with van der Waals surface area (Å²) in [5.41, 5.74) is 2.04. The average Bonchev–Trinajstić information content (AvgIpc) is 2.62. The van der Waals surface area contributed by atoms with E-state index in [-0.39, 0.29) is 23.8 Å². The van der Waals surface area contributed by atoms with E-state index >= 15 is 0 Å². The van der Waals surface area contributed by atoms with Gasteiger partial charge in [0.05, 0.1) is 5.69 Å². The Kier molecular flexibility index (Phi) is 7.25. The molecule has 0 fully saturated rings. The van der Waals surface area contributed by atoms with Gasteiger partial charge in [-0.1, -0.05) is 26.8 Å². The Morgan fingerprint density at radius 2 is 2.07 bits per heavy atom. The van der Waals surface area contributed by atoms with Gasteiger partial charge < -0.3 is 19.9 Å². The van der Waals surface area contributed by atoms with Crippen LogP contribution < -0.4 is 15.0 Å². The molecule has 2 rings (SSSR count). The molecule has 150 valence electrons. The average molecular weight is 376 g/mol. The summed E-state index contributed by atoms with van der Waals surface area (Å²) in [6.45, 7) is 8.58. The summed E-state index contributed by atoms with van der Waals surface area (Å²) < 4.78 is 5.60. The van der Waals surface area contributed by atoms with Crippen LogP contribution in [0.1, 0.15) is 45.6 Å². The molecule has 27 heavy (non-hydrogen) atoms. The van der Waals surface area contributed by atoms with E-state index in [1.54, 1.807) is 4.90 Å². The van der Waals surface area contributed by atoms with E-state index in [1.165, 1.54) is 5.56 Å². The van der Waals surface area contributed by atoms with Crippen molar-refractivity contribution in [1.82, 2.24) is 10.2 Å². The third-order valence-corrected chi connectivity index (χ3v) is 5.23. The van der Waals surface area contributed by atoms with Crippen molar-refractivity contribution in [3.05, 3.63) is 23.8 Å². The number of hydrogen-bond donors (Lipinski definition) is 1. The van der Waals surface area contributed by atoms with Crippen LogP contribution >= 0.6 is 0 Å². The van der Waals surface area contributed by atoms with E-state index in [1.807, 2.05) is 25.1 Å². The molecule has 0 spiro atoms. The Morgan fingerprint density at radius 1 is 1.33 bits per heavy atom. The van der Waals surface area contributed by atoms with Gasteiger partial charge in [0.25, 0.3) is 5.91 Å². The maximum atomic E-state index is 12.4. The summed E-state index contributed by atoms with van der Waals surface area (Å²) >= 11 is 0. The molecule has 0 unspecified atom stereocenters. The second-order valence-electron chi connectivity index (χ2n) is 8.01. The molecule has 0 saturated carbocycles. The molecular weight excluding hydrogens is 342 g/mol. The van der Waals surface area contributed by atoms with Crippen LogP contribution in [0.25, 0.3) is 0 Å². The van der Waals surface area contributed by atoms with Crippen LogP contribution in [-0.2, 0) is 15.0 Å². The molecule has 1 aliphatic heterocycles. The number of carbonyl (C=O) groups excluding carboxylic acids is 2. The van der Waals surface area contributed by atoms with E-state index in [2.05, 4.69) is 38.2 Å². The van der Waals surface area contributed by atoms with Crippen molar-refractivity contribution >= 4 is 17.5 Å². The molecule has 1 aliphatic rings. The number of carbonyl (C=O) groups is 2. The zero-order chi connectivity index (χ0) is 20.0. The SMILES string of the molecule is CCC(C)(C)c1ccc2c(c1)N(CCCC(=O)NCCN(C)C)C(=O)CO2. The van der Waals surface area contributed by atoms with Crippen LogP contribution in [0, 0.1) is 0 Å². The van der Waals surface area contributed by atoms with Gasteiger partial charge in [0.2, 0.25) is 5.91 Å². The first-order chi connectivity index (χ1) is 12.7. The number of fused-ring (bicyclic) bond motifs is 1. The first-order valence-electron chi connectivity index (χ1n) is 9.73. The predicted molar refractivity (Wildman–Crippen MR) is 108 cm³/mol. The summed E-state index contributed by atoms with van der Waals surface area (Å²) in [7, 11) is 3.95. The van der Waals surface area contributed by atoms with Crippen molar-refractivity contribution in [2.45, 2.75) is 45.4 Å². The third kappa shape index (κ3) is 5.70. The Labute approximate surface area is 162 Å². The van der Waals surface area contributed by atoms with Crippen LogP contribution in [-0.4, -0.2) is 57.1 Å². The van der Waals surface area contributed by atoms with E-state index in [4.69, 9.17) is 4.74 Å². The van der Waals surface area contributed by atoms with Gasteiger partial charge in [-0.3, -0.25) is 9.59 Å². The topological polar surface area (TPSA) is 61.9 Å². The highest BCUT2D eigenvalue weighted by Gasteiger charge is 2.28. The number of hydrogen-bond acceptors (Lipinski definition) is 4. The molecule has 0 bridgehead atoms. The summed E-state index contributed by atoms with van der Waals surface area (Å²) in [6, 6.07) is 6.09. The van der Waals surface area contributed by atoms with Gasteiger partial charge in [0, 0.05) is 26.1 Å². The smallest absolute Gasteiger partial charge is 0.265 e. The Balaban J connectivity index is 2.00. The Hall–Kier alpha value is -2.08. The van der Waals surface area contributed by atoms with Crippen molar-refractivity contribution in [2.75, 3.05) is 45.2 Å². The molecule has 0 atom stereocenters. The normalized spacial score (nSPS) is 14.1. The maximum absolute atomic E-state index is 12.4. The van der Waals surface area contributed by atoms with Gasteiger partial charge in [-0.25, -0.2) is 0 Å². The zero-order valence-electron chi connectivity index (χ0n) is 17.3. The molecule has 1 aromatic carbocycles. The molecule has 0 aliphatic carbocycles. The van der Waals surface area contributed by atoms with Gasteiger partial charge >= 0.3 is 0 Å². The summed E-state index contributed by atoms with van der Waals surface area (Å²) in [5.74, 6) is 0.710. The predicted octanol–water partition coefficient (Wildman–Crippen LogP) is 2.56. The highest BCUT2D eigenvalue weighted by molar-refractivity contribution is 5.98. The third-order valence-electron chi connectivity index (χ3n) is 5.23. The number of likely N-dealkylation sites (N-methyl/N-ethyl adjacent to an activating group) is 1. The molecule has 1 N–H and O–H groups in total. The molecule has 1 aromatic rings. The van der Waals surface area contributed by atoms with Gasteiger partial charge in [0.1, 0.15) is 5.75 Å². The largest absolute Gasteiger partial charge is 0.482 e. The quantitative estimate of drug-likeness (QED) is 0.721. The molecule has 0 radical (unpaired) electrons. The minimum atomic E-state index is -0.0537. The standard InChI is InChI=1S/C21H33N3O3/c1-6-21(2,3)16-9-10-18-17(14-16)24(20(26)15-27-18)12-7-8-19(25)22-11-13-23(4)5/h9-10,14H,6-8,11-13,15H2,1-5H3,(H,22,25). The van der Waals surface area contributed by atoms with Crippen molar-refractivity contribution in [1.29, 1.82) is 0 Å². The van der Waals surface area contributed by atoms with Crippen LogP contribution in [0.5, 0.6) is 5.75 Å². The fourth-order valence-corrected chi connectivity index (χ4v) is 2.98. The molecule has 6 heteroatoms. The summed E-state index contributed by atoms with van der Waals surface area (Å²) in [5, 5.41) is 2.91. The summed E-state index contributed by atoms with van der Waals surface area (Å²) in [6.07, 6.45) is 2.04. The minimum Gasteiger partial charge on any atom is -0.482 e. The number of anilines is 1. The zero-order valence-corrected chi connectivity index (χ0v) is 17.3. The number of ether oxygens (including phenoxy) is 1. The molecule has 0 aromatic heterocycles. The van der Waals surface area contributed by atoms with Crippen LogP contribution in [0.15, 0.2) is 18.2 Å². The lowest BCUT2D eigenvalue weighted by Gasteiger charge is -2.32. The van der Waals surface area contributed by atoms with Crippen molar-refractivity contribution in [3.8, 4) is 5.75 Å². The molecule has 6 nitrogen and oxygen atoms in total.